The molecule has 1 rings (SSSR count). The fourth-order valence-corrected chi connectivity index (χ4v) is 1.43. The fourth-order valence-electron chi connectivity index (χ4n) is 1.43. The van der Waals surface area contributed by atoms with Crippen molar-refractivity contribution in [3.05, 3.63) is 17.5 Å². The van der Waals surface area contributed by atoms with Gasteiger partial charge in [0.25, 0.3) is 5.91 Å². The molecule has 0 spiro atoms. The number of rotatable bonds is 7. The first-order valence-corrected chi connectivity index (χ1v) is 6.01. The van der Waals surface area contributed by atoms with Crippen molar-refractivity contribution in [3.8, 4) is 0 Å². The molecule has 0 aliphatic rings. The van der Waals surface area contributed by atoms with Crippen LogP contribution < -0.4 is 5.32 Å². The number of hydrogen-bond donors (Lipinski definition) is 1. The molecular formula is C12H20N2O2. The fraction of sp³-hybridized carbons (Fsp3) is 0.667. The maximum Gasteiger partial charge on any atom is 0.273 e. The molecule has 4 heteroatoms. The summed E-state index contributed by atoms with van der Waals surface area (Å²) in [7, 11) is 0. The van der Waals surface area contributed by atoms with E-state index >= 15 is 0 Å². The molecule has 0 bridgehead atoms. The lowest BCUT2D eigenvalue weighted by Gasteiger charge is -2.01. The van der Waals surface area contributed by atoms with Crippen LogP contribution in [0.25, 0.3) is 0 Å². The minimum atomic E-state index is -0.139. The van der Waals surface area contributed by atoms with Gasteiger partial charge in [-0.25, -0.2) is 0 Å². The van der Waals surface area contributed by atoms with Gasteiger partial charge >= 0.3 is 0 Å². The minimum absolute atomic E-state index is 0.139. The Hall–Kier alpha value is -1.32. The van der Waals surface area contributed by atoms with Gasteiger partial charge in [0, 0.05) is 19.0 Å². The zero-order chi connectivity index (χ0) is 11.8. The largest absolute Gasteiger partial charge is 0.361 e. The predicted molar refractivity (Wildman–Crippen MR) is 62.4 cm³/mol. The van der Waals surface area contributed by atoms with Crippen LogP contribution in [0.4, 0.5) is 0 Å². The van der Waals surface area contributed by atoms with Crippen molar-refractivity contribution in [1.82, 2.24) is 10.5 Å². The summed E-state index contributed by atoms with van der Waals surface area (Å²) in [6.07, 6.45) is 5.38. The van der Waals surface area contributed by atoms with Gasteiger partial charge in [-0.15, -0.1) is 0 Å². The van der Waals surface area contributed by atoms with E-state index in [1.165, 1.54) is 12.8 Å². The number of amides is 1. The number of carbonyl (C=O) groups is 1. The first kappa shape index (κ1) is 12.7. The van der Waals surface area contributed by atoms with Crippen LogP contribution in [0.15, 0.2) is 10.6 Å². The molecule has 0 radical (unpaired) electrons. The van der Waals surface area contributed by atoms with E-state index in [0.717, 1.165) is 25.0 Å². The molecule has 0 aliphatic carbocycles. The van der Waals surface area contributed by atoms with Crippen LogP contribution in [0, 0.1) is 0 Å². The first-order valence-electron chi connectivity index (χ1n) is 6.01. The van der Waals surface area contributed by atoms with E-state index in [-0.39, 0.29) is 5.91 Å². The van der Waals surface area contributed by atoms with Crippen LogP contribution in [-0.2, 0) is 6.42 Å². The van der Waals surface area contributed by atoms with Crippen molar-refractivity contribution in [1.29, 1.82) is 0 Å². The molecule has 0 saturated heterocycles. The van der Waals surface area contributed by atoms with Gasteiger partial charge in [-0.05, 0) is 6.42 Å². The van der Waals surface area contributed by atoms with E-state index in [1.54, 1.807) is 6.07 Å². The Labute approximate surface area is 96.4 Å². The average molecular weight is 224 g/mol. The highest BCUT2D eigenvalue weighted by molar-refractivity contribution is 5.92. The molecule has 1 N–H and O–H groups in total. The van der Waals surface area contributed by atoms with Gasteiger partial charge in [-0.1, -0.05) is 38.3 Å². The van der Waals surface area contributed by atoms with Crippen molar-refractivity contribution in [3.63, 3.8) is 0 Å². The zero-order valence-electron chi connectivity index (χ0n) is 10.1. The van der Waals surface area contributed by atoms with Gasteiger partial charge in [-0.2, -0.15) is 0 Å². The maximum atomic E-state index is 11.6. The second kappa shape index (κ2) is 7.04. The summed E-state index contributed by atoms with van der Waals surface area (Å²) in [5.41, 5.74) is 0.382. The molecule has 16 heavy (non-hydrogen) atoms. The number of nitrogens with zero attached hydrogens (tertiary/aromatic N) is 1. The van der Waals surface area contributed by atoms with Crippen molar-refractivity contribution >= 4 is 5.91 Å². The maximum absolute atomic E-state index is 11.6. The van der Waals surface area contributed by atoms with Gasteiger partial charge in [0.2, 0.25) is 0 Å². The van der Waals surface area contributed by atoms with Crippen molar-refractivity contribution < 1.29 is 9.32 Å². The highest BCUT2D eigenvalue weighted by Gasteiger charge is 2.10. The lowest BCUT2D eigenvalue weighted by Crippen LogP contribution is -2.24. The van der Waals surface area contributed by atoms with E-state index in [9.17, 15) is 4.79 Å². The van der Waals surface area contributed by atoms with Gasteiger partial charge < -0.3 is 9.84 Å². The topological polar surface area (TPSA) is 55.1 Å². The molecule has 90 valence electrons. The Morgan fingerprint density at radius 3 is 2.81 bits per heavy atom. The standard InChI is InChI=1S/C12H20N2O2/c1-3-5-6-7-8-13-12(15)11-9-10(4-2)16-14-11/h9H,3-8H2,1-2H3,(H,13,15). The number of unbranched alkanes of at least 4 members (excludes halogenated alkanes) is 3. The molecule has 0 saturated carbocycles. The predicted octanol–water partition coefficient (Wildman–Crippen LogP) is 2.55. The van der Waals surface area contributed by atoms with E-state index in [4.69, 9.17) is 4.52 Å². The number of aryl methyl sites for hydroxylation is 1. The highest BCUT2D eigenvalue weighted by Crippen LogP contribution is 2.04. The molecule has 1 aromatic heterocycles. The van der Waals surface area contributed by atoms with E-state index in [2.05, 4.69) is 17.4 Å². The number of aromatic nitrogens is 1. The Morgan fingerprint density at radius 2 is 2.19 bits per heavy atom. The van der Waals surface area contributed by atoms with Crippen LogP contribution in [0.3, 0.4) is 0 Å². The van der Waals surface area contributed by atoms with E-state index in [0.29, 0.717) is 12.2 Å². The average Bonchev–Trinajstić information content (AvgIpc) is 2.77. The lowest BCUT2D eigenvalue weighted by molar-refractivity contribution is 0.0944. The van der Waals surface area contributed by atoms with Crippen molar-refractivity contribution in [2.45, 2.75) is 46.0 Å². The highest BCUT2D eigenvalue weighted by atomic mass is 16.5. The quantitative estimate of drug-likeness (QED) is 0.724. The Morgan fingerprint density at radius 1 is 1.38 bits per heavy atom. The summed E-state index contributed by atoms with van der Waals surface area (Å²) >= 11 is 0. The summed E-state index contributed by atoms with van der Waals surface area (Å²) < 4.78 is 4.97. The zero-order valence-corrected chi connectivity index (χ0v) is 10.1. The Balaban J connectivity index is 2.24. The van der Waals surface area contributed by atoms with Gasteiger partial charge in [0.05, 0.1) is 0 Å². The molecular weight excluding hydrogens is 204 g/mol. The normalized spacial score (nSPS) is 10.4. The van der Waals surface area contributed by atoms with Gasteiger partial charge in [-0.3, -0.25) is 4.79 Å². The second-order valence-electron chi connectivity index (χ2n) is 3.85. The lowest BCUT2D eigenvalue weighted by atomic mass is 10.2. The van der Waals surface area contributed by atoms with Gasteiger partial charge in [0.15, 0.2) is 5.69 Å². The van der Waals surface area contributed by atoms with Crippen molar-refractivity contribution in [2.24, 2.45) is 0 Å². The summed E-state index contributed by atoms with van der Waals surface area (Å²) in [4.78, 5) is 11.6. The molecule has 0 fully saturated rings. The van der Waals surface area contributed by atoms with Crippen LogP contribution in [0.5, 0.6) is 0 Å². The number of hydrogen-bond acceptors (Lipinski definition) is 3. The Kier molecular flexibility index (Phi) is 5.61. The molecule has 0 atom stereocenters. The van der Waals surface area contributed by atoms with Crippen LogP contribution >= 0.6 is 0 Å². The van der Waals surface area contributed by atoms with E-state index in [1.807, 2.05) is 6.92 Å². The van der Waals surface area contributed by atoms with Crippen LogP contribution in [0.2, 0.25) is 0 Å². The van der Waals surface area contributed by atoms with Crippen LogP contribution in [-0.4, -0.2) is 17.6 Å². The third-order valence-corrected chi connectivity index (χ3v) is 2.46. The summed E-state index contributed by atoms with van der Waals surface area (Å²) in [5, 5.41) is 6.55. The monoisotopic (exact) mass is 224 g/mol. The molecule has 0 aliphatic heterocycles. The Bertz CT molecular complexity index is 321. The third kappa shape index (κ3) is 4.04. The number of nitrogens with one attached hydrogen (secondary N) is 1. The summed E-state index contributed by atoms with van der Waals surface area (Å²) in [6, 6.07) is 1.70. The summed E-state index contributed by atoms with van der Waals surface area (Å²) in [6.45, 7) is 4.85. The molecule has 0 aromatic carbocycles. The second-order valence-corrected chi connectivity index (χ2v) is 3.85. The number of carbonyl (C=O) groups excluding carboxylic acids is 1. The third-order valence-electron chi connectivity index (χ3n) is 2.46. The SMILES string of the molecule is CCCCCCNC(=O)c1cc(CC)on1. The van der Waals surface area contributed by atoms with Crippen LogP contribution in [0.1, 0.15) is 55.8 Å². The molecule has 1 heterocycles. The molecule has 1 amide bonds. The molecule has 0 unspecified atom stereocenters. The molecule has 1 aromatic rings. The molecule has 4 nitrogen and oxygen atoms in total. The first-order chi connectivity index (χ1) is 7.77. The summed E-state index contributed by atoms with van der Waals surface area (Å²) in [5.74, 6) is 0.607. The van der Waals surface area contributed by atoms with Gasteiger partial charge in [0.1, 0.15) is 5.76 Å². The smallest absolute Gasteiger partial charge is 0.273 e. The van der Waals surface area contributed by atoms with E-state index < -0.39 is 0 Å². The van der Waals surface area contributed by atoms with Crippen molar-refractivity contribution in [2.75, 3.05) is 6.54 Å². The minimum Gasteiger partial charge on any atom is -0.361 e.